The van der Waals surface area contributed by atoms with Crippen molar-refractivity contribution < 1.29 is 4.74 Å². The number of rotatable bonds is 6. The van der Waals surface area contributed by atoms with E-state index in [1.54, 1.807) is 13.2 Å². The number of aryl methyl sites for hydroxylation is 3. The average molecular weight is 322 g/mol. The number of aromatic nitrogens is 2. The maximum atomic E-state index is 11.6. The van der Waals surface area contributed by atoms with Crippen molar-refractivity contribution in [1.82, 2.24) is 9.78 Å². The second kappa shape index (κ2) is 7.31. The summed E-state index contributed by atoms with van der Waals surface area (Å²) in [6.45, 7) is 5.31. The second-order valence-electron chi connectivity index (χ2n) is 5.15. The van der Waals surface area contributed by atoms with Crippen molar-refractivity contribution >= 4 is 17.3 Å². The maximum Gasteiger partial charge on any atom is 0.287 e. The first kappa shape index (κ1) is 16.4. The van der Waals surface area contributed by atoms with Crippen molar-refractivity contribution in [2.24, 2.45) is 7.05 Å². The minimum absolute atomic E-state index is 0.160. The number of nitrogens with zero attached hydrogens (tertiary/aromatic N) is 2. The zero-order valence-electron chi connectivity index (χ0n) is 13.0. The summed E-state index contributed by atoms with van der Waals surface area (Å²) < 4.78 is 7.03. The molecule has 1 N–H and O–H groups in total. The van der Waals surface area contributed by atoms with Gasteiger partial charge >= 0.3 is 0 Å². The van der Waals surface area contributed by atoms with Gasteiger partial charge in [0, 0.05) is 13.6 Å². The average Bonchev–Trinajstić information content (AvgIpc) is 2.49. The monoisotopic (exact) mass is 321 g/mol. The molecule has 118 valence electrons. The van der Waals surface area contributed by atoms with Crippen LogP contribution in [-0.4, -0.2) is 22.9 Å². The van der Waals surface area contributed by atoms with E-state index >= 15 is 0 Å². The van der Waals surface area contributed by atoms with Crippen LogP contribution in [0.25, 0.3) is 0 Å². The van der Waals surface area contributed by atoms with Gasteiger partial charge in [0.15, 0.2) is 0 Å². The number of ether oxygens (including phenoxy) is 1. The molecule has 0 bridgehead atoms. The van der Waals surface area contributed by atoms with Crippen LogP contribution in [-0.2, 0) is 7.05 Å². The molecule has 22 heavy (non-hydrogen) atoms. The van der Waals surface area contributed by atoms with E-state index < -0.39 is 0 Å². The first-order valence-corrected chi connectivity index (χ1v) is 7.53. The van der Waals surface area contributed by atoms with Crippen LogP contribution < -0.4 is 15.6 Å². The Morgan fingerprint density at radius 1 is 1.32 bits per heavy atom. The molecule has 0 radical (unpaired) electrons. The summed E-state index contributed by atoms with van der Waals surface area (Å²) in [6.07, 6.45) is 2.34. The highest BCUT2D eigenvalue weighted by Gasteiger charge is 2.07. The molecule has 0 unspecified atom stereocenters. The molecule has 2 aromatic rings. The zero-order valence-corrected chi connectivity index (χ0v) is 13.8. The summed E-state index contributed by atoms with van der Waals surface area (Å²) in [7, 11) is 1.57. The minimum Gasteiger partial charge on any atom is -0.493 e. The predicted octanol–water partition coefficient (Wildman–Crippen LogP) is 2.93. The Balaban J connectivity index is 1.83. The number of para-hydroxylation sites is 1. The molecule has 6 heteroatoms. The largest absolute Gasteiger partial charge is 0.493 e. The van der Waals surface area contributed by atoms with Gasteiger partial charge in [0.1, 0.15) is 10.8 Å². The van der Waals surface area contributed by atoms with Crippen molar-refractivity contribution in [1.29, 1.82) is 0 Å². The zero-order chi connectivity index (χ0) is 16.1. The van der Waals surface area contributed by atoms with Gasteiger partial charge in [-0.15, -0.1) is 0 Å². The van der Waals surface area contributed by atoms with Gasteiger partial charge < -0.3 is 10.1 Å². The van der Waals surface area contributed by atoms with Crippen LogP contribution in [0.1, 0.15) is 17.5 Å². The topological polar surface area (TPSA) is 56.1 Å². The molecule has 1 heterocycles. The molecule has 5 nitrogen and oxygen atoms in total. The lowest BCUT2D eigenvalue weighted by atomic mass is 10.1. The van der Waals surface area contributed by atoms with Crippen LogP contribution in [0.3, 0.4) is 0 Å². The number of nitrogens with one attached hydrogen (secondary N) is 1. The molecule has 0 saturated carbocycles. The summed E-state index contributed by atoms with van der Waals surface area (Å²) in [6, 6.07) is 6.08. The third-order valence-corrected chi connectivity index (χ3v) is 3.74. The Morgan fingerprint density at radius 3 is 2.68 bits per heavy atom. The fraction of sp³-hybridized carbons (Fsp3) is 0.375. The number of hydrogen-bond acceptors (Lipinski definition) is 4. The van der Waals surface area contributed by atoms with Gasteiger partial charge in [-0.05, 0) is 31.4 Å². The molecule has 0 aliphatic rings. The summed E-state index contributed by atoms with van der Waals surface area (Å²) in [5.74, 6) is 0.941. The Morgan fingerprint density at radius 2 is 2.00 bits per heavy atom. The van der Waals surface area contributed by atoms with Crippen LogP contribution >= 0.6 is 11.6 Å². The summed E-state index contributed by atoms with van der Waals surface area (Å²) in [5.41, 5.74) is 2.51. The fourth-order valence-corrected chi connectivity index (χ4v) is 2.37. The third kappa shape index (κ3) is 3.80. The Hall–Kier alpha value is -2.01. The number of anilines is 1. The van der Waals surface area contributed by atoms with E-state index in [-0.39, 0.29) is 10.6 Å². The molecular formula is C16H20ClN3O2. The summed E-state index contributed by atoms with van der Waals surface area (Å²) >= 11 is 5.98. The van der Waals surface area contributed by atoms with Gasteiger partial charge in [-0.25, -0.2) is 4.68 Å². The molecule has 0 spiro atoms. The highest BCUT2D eigenvalue weighted by molar-refractivity contribution is 6.32. The smallest absolute Gasteiger partial charge is 0.287 e. The minimum atomic E-state index is -0.307. The predicted molar refractivity (Wildman–Crippen MR) is 89.0 cm³/mol. The van der Waals surface area contributed by atoms with Crippen molar-refractivity contribution in [2.75, 3.05) is 18.5 Å². The fourth-order valence-electron chi connectivity index (χ4n) is 2.13. The normalized spacial score (nSPS) is 10.5. The Bertz CT molecular complexity index is 693. The van der Waals surface area contributed by atoms with E-state index in [1.165, 1.54) is 4.68 Å². The summed E-state index contributed by atoms with van der Waals surface area (Å²) in [4.78, 5) is 11.6. The third-order valence-electron chi connectivity index (χ3n) is 3.37. The van der Waals surface area contributed by atoms with E-state index in [0.29, 0.717) is 18.8 Å². The van der Waals surface area contributed by atoms with E-state index in [2.05, 4.69) is 10.4 Å². The standard InChI is InChI=1S/C16H20ClN3O2/c1-11-6-4-7-12(2)15(11)22-9-5-8-18-13-10-19-20(3)16(21)14(13)17/h4,6-7,10,18H,5,8-9H2,1-3H3. The van der Waals surface area contributed by atoms with Crippen LogP contribution in [0.5, 0.6) is 5.75 Å². The highest BCUT2D eigenvalue weighted by Crippen LogP contribution is 2.22. The molecule has 0 atom stereocenters. The van der Waals surface area contributed by atoms with E-state index in [9.17, 15) is 4.79 Å². The number of benzene rings is 1. The maximum absolute atomic E-state index is 11.6. The van der Waals surface area contributed by atoms with Gasteiger partial charge in [0.25, 0.3) is 5.56 Å². The second-order valence-corrected chi connectivity index (χ2v) is 5.53. The highest BCUT2D eigenvalue weighted by atomic mass is 35.5. The van der Waals surface area contributed by atoms with Crippen LogP contribution in [0.2, 0.25) is 5.02 Å². The van der Waals surface area contributed by atoms with Crippen molar-refractivity contribution in [3.8, 4) is 5.75 Å². The van der Waals surface area contributed by atoms with Crippen LogP contribution in [0.15, 0.2) is 29.2 Å². The SMILES string of the molecule is Cc1cccc(C)c1OCCCNc1cnn(C)c(=O)c1Cl. The molecule has 0 saturated heterocycles. The van der Waals surface area contributed by atoms with Crippen LogP contribution in [0, 0.1) is 13.8 Å². The first-order valence-electron chi connectivity index (χ1n) is 7.15. The molecule has 1 aromatic carbocycles. The molecular weight excluding hydrogens is 302 g/mol. The first-order chi connectivity index (χ1) is 10.5. The van der Waals surface area contributed by atoms with Gasteiger partial charge in [0.2, 0.25) is 0 Å². The van der Waals surface area contributed by atoms with Gasteiger partial charge in [-0.1, -0.05) is 29.8 Å². The molecule has 0 aliphatic heterocycles. The number of hydrogen-bond donors (Lipinski definition) is 1. The lowest BCUT2D eigenvalue weighted by molar-refractivity contribution is 0.311. The Labute approximate surface area is 134 Å². The van der Waals surface area contributed by atoms with Gasteiger partial charge in [0.05, 0.1) is 18.5 Å². The van der Waals surface area contributed by atoms with Crippen molar-refractivity contribution in [3.63, 3.8) is 0 Å². The van der Waals surface area contributed by atoms with Gasteiger partial charge in [-0.2, -0.15) is 5.10 Å². The molecule has 0 aliphatic carbocycles. The van der Waals surface area contributed by atoms with Gasteiger partial charge in [-0.3, -0.25) is 4.79 Å². The quantitative estimate of drug-likeness (QED) is 0.831. The molecule has 0 amide bonds. The lowest BCUT2D eigenvalue weighted by Gasteiger charge is -2.12. The lowest BCUT2D eigenvalue weighted by Crippen LogP contribution is -2.21. The molecule has 1 aromatic heterocycles. The van der Waals surface area contributed by atoms with E-state index in [4.69, 9.17) is 16.3 Å². The molecule has 0 fully saturated rings. The molecule has 2 rings (SSSR count). The van der Waals surface area contributed by atoms with E-state index in [0.717, 1.165) is 23.3 Å². The van der Waals surface area contributed by atoms with E-state index in [1.807, 2.05) is 32.0 Å². The Kier molecular flexibility index (Phi) is 5.44. The van der Waals surface area contributed by atoms with Crippen LogP contribution in [0.4, 0.5) is 5.69 Å². The van der Waals surface area contributed by atoms with Crippen molar-refractivity contribution in [3.05, 3.63) is 50.9 Å². The number of halogens is 1. The van der Waals surface area contributed by atoms with Crippen molar-refractivity contribution in [2.45, 2.75) is 20.3 Å². The summed E-state index contributed by atoms with van der Waals surface area (Å²) in [5, 5.41) is 7.20.